The van der Waals surface area contributed by atoms with Gasteiger partial charge in [-0.25, -0.2) is 0 Å². The lowest BCUT2D eigenvalue weighted by Crippen LogP contribution is -2.57. The molecule has 2 aliphatic heterocycles. The number of amides is 3. The Hall–Kier alpha value is -3.39. The van der Waals surface area contributed by atoms with E-state index in [1.807, 2.05) is 53.4 Å². The van der Waals surface area contributed by atoms with Gasteiger partial charge in [0.25, 0.3) is 5.91 Å². The molecule has 2 aromatic rings. The number of rotatable bonds is 9. The van der Waals surface area contributed by atoms with Gasteiger partial charge in [0.15, 0.2) is 0 Å². The highest BCUT2D eigenvalue weighted by Gasteiger charge is 2.55. The number of carbonyl (C=O) groups excluding carboxylic acids is 3. The van der Waals surface area contributed by atoms with Gasteiger partial charge in [-0.3, -0.25) is 14.4 Å². The number of para-hydroxylation sites is 1. The molecule has 0 bridgehead atoms. The van der Waals surface area contributed by atoms with Gasteiger partial charge in [-0.2, -0.15) is 0 Å². The van der Waals surface area contributed by atoms with Gasteiger partial charge in [0.05, 0.1) is 6.67 Å². The molecule has 37 heavy (non-hydrogen) atoms. The first-order valence-corrected chi connectivity index (χ1v) is 13.2. The first-order valence-electron chi connectivity index (χ1n) is 13.2. The van der Waals surface area contributed by atoms with Crippen LogP contribution in [0.25, 0.3) is 0 Å². The third-order valence-electron chi connectivity index (χ3n) is 8.00. The maximum absolute atomic E-state index is 13.8. The fourth-order valence-corrected chi connectivity index (χ4v) is 5.86. The predicted octanol–water partition coefficient (Wildman–Crippen LogP) is 2.61. The van der Waals surface area contributed by atoms with Crippen LogP contribution in [0.2, 0.25) is 0 Å². The zero-order valence-corrected chi connectivity index (χ0v) is 21.5. The molecule has 196 valence electrons. The molecule has 2 atom stereocenters. The van der Waals surface area contributed by atoms with Gasteiger partial charge in [-0.15, -0.1) is 0 Å². The minimum Gasteiger partial charge on any atom is -0.385 e. The molecule has 1 N–H and O–H groups in total. The van der Waals surface area contributed by atoms with Crippen molar-refractivity contribution in [2.24, 2.45) is 5.92 Å². The van der Waals surface area contributed by atoms with Gasteiger partial charge < -0.3 is 24.8 Å². The molecule has 1 spiro atoms. The van der Waals surface area contributed by atoms with E-state index in [-0.39, 0.29) is 30.2 Å². The Bertz CT molecular complexity index is 1100. The van der Waals surface area contributed by atoms with E-state index in [2.05, 4.69) is 22.3 Å². The van der Waals surface area contributed by atoms with E-state index < -0.39 is 5.54 Å². The average Bonchev–Trinajstić information content (AvgIpc) is 3.70. The monoisotopic (exact) mass is 504 g/mol. The summed E-state index contributed by atoms with van der Waals surface area (Å²) in [5.41, 5.74) is 1.45. The molecule has 3 fully saturated rings. The maximum Gasteiger partial charge on any atom is 0.250 e. The molecular formula is C29H36N4O4. The molecule has 2 unspecified atom stereocenters. The first kappa shape index (κ1) is 25.3. The number of likely N-dealkylation sites (tertiary alicyclic amines) is 1. The third kappa shape index (κ3) is 5.21. The van der Waals surface area contributed by atoms with Crippen LogP contribution >= 0.6 is 0 Å². The lowest BCUT2D eigenvalue weighted by Gasteiger charge is -2.43. The Morgan fingerprint density at radius 3 is 2.38 bits per heavy atom. The zero-order chi connectivity index (χ0) is 25.8. The van der Waals surface area contributed by atoms with Crippen molar-refractivity contribution < 1.29 is 19.1 Å². The topological polar surface area (TPSA) is 82.2 Å². The van der Waals surface area contributed by atoms with E-state index in [0.29, 0.717) is 51.7 Å². The summed E-state index contributed by atoms with van der Waals surface area (Å²) in [6.07, 6.45) is 2.74. The number of nitrogens with zero attached hydrogens (tertiary/aromatic N) is 3. The average molecular weight is 505 g/mol. The summed E-state index contributed by atoms with van der Waals surface area (Å²) >= 11 is 0. The highest BCUT2D eigenvalue weighted by molar-refractivity contribution is 5.96. The van der Waals surface area contributed by atoms with E-state index in [1.54, 1.807) is 12.0 Å². The summed E-state index contributed by atoms with van der Waals surface area (Å²) < 4.78 is 5.03. The number of hydrogen-bond acceptors (Lipinski definition) is 5. The van der Waals surface area contributed by atoms with Crippen molar-refractivity contribution >= 4 is 23.4 Å². The third-order valence-corrected chi connectivity index (χ3v) is 8.00. The molecule has 0 aromatic heterocycles. The van der Waals surface area contributed by atoms with Gasteiger partial charge in [-0.05, 0) is 49.3 Å². The van der Waals surface area contributed by atoms with Gasteiger partial charge in [-0.1, -0.05) is 48.5 Å². The van der Waals surface area contributed by atoms with Crippen molar-refractivity contribution in [2.75, 3.05) is 51.5 Å². The van der Waals surface area contributed by atoms with E-state index in [1.165, 1.54) is 5.56 Å². The second-order valence-corrected chi connectivity index (χ2v) is 10.3. The molecule has 8 heteroatoms. The number of methoxy groups -OCH3 is 1. The fraction of sp³-hybridized carbons (Fsp3) is 0.483. The number of carbonyl (C=O) groups is 3. The van der Waals surface area contributed by atoms with Crippen molar-refractivity contribution in [1.82, 2.24) is 15.1 Å². The summed E-state index contributed by atoms with van der Waals surface area (Å²) in [5, 5.41) is 2.89. The number of ether oxygens (including phenoxy) is 1. The van der Waals surface area contributed by atoms with E-state index in [9.17, 15) is 14.4 Å². The molecule has 2 heterocycles. The van der Waals surface area contributed by atoms with Crippen LogP contribution in [-0.2, 0) is 19.1 Å². The Balaban J connectivity index is 1.25. The van der Waals surface area contributed by atoms with Crippen LogP contribution in [0.5, 0.6) is 0 Å². The molecule has 3 aliphatic rings. The van der Waals surface area contributed by atoms with Gasteiger partial charge in [0, 0.05) is 45.0 Å². The van der Waals surface area contributed by atoms with E-state index in [0.717, 1.165) is 18.5 Å². The number of nitrogens with one attached hydrogen (secondary N) is 1. The van der Waals surface area contributed by atoms with E-state index in [4.69, 9.17) is 4.74 Å². The smallest absolute Gasteiger partial charge is 0.250 e. The van der Waals surface area contributed by atoms with Crippen LogP contribution in [0.15, 0.2) is 60.7 Å². The Kier molecular flexibility index (Phi) is 7.46. The quantitative estimate of drug-likeness (QED) is 0.531. The zero-order valence-electron chi connectivity index (χ0n) is 21.5. The van der Waals surface area contributed by atoms with Crippen molar-refractivity contribution in [3.63, 3.8) is 0 Å². The summed E-state index contributed by atoms with van der Waals surface area (Å²) in [5.74, 6) is 0.357. The minimum absolute atomic E-state index is 0.0240. The predicted molar refractivity (Wildman–Crippen MR) is 141 cm³/mol. The normalized spacial score (nSPS) is 22.4. The van der Waals surface area contributed by atoms with Crippen LogP contribution < -0.4 is 10.2 Å². The van der Waals surface area contributed by atoms with Crippen LogP contribution in [0, 0.1) is 5.92 Å². The van der Waals surface area contributed by atoms with Crippen molar-refractivity contribution in [3.8, 4) is 0 Å². The van der Waals surface area contributed by atoms with Gasteiger partial charge in [0.1, 0.15) is 12.1 Å². The molecule has 3 amide bonds. The first-order chi connectivity index (χ1) is 18.0. The summed E-state index contributed by atoms with van der Waals surface area (Å²) in [6, 6.07) is 20.1. The number of benzene rings is 2. The number of piperidine rings is 1. The minimum atomic E-state index is -0.739. The lowest BCUT2D eigenvalue weighted by molar-refractivity contribution is -0.140. The van der Waals surface area contributed by atoms with E-state index >= 15 is 0 Å². The van der Waals surface area contributed by atoms with Gasteiger partial charge in [0.2, 0.25) is 11.8 Å². The van der Waals surface area contributed by atoms with Crippen molar-refractivity contribution in [2.45, 2.75) is 37.1 Å². The molecule has 2 saturated heterocycles. The molecule has 2 aromatic carbocycles. The van der Waals surface area contributed by atoms with Crippen LogP contribution in [0.3, 0.4) is 0 Å². The Morgan fingerprint density at radius 2 is 1.70 bits per heavy atom. The molecule has 1 saturated carbocycles. The van der Waals surface area contributed by atoms with Crippen molar-refractivity contribution in [3.05, 3.63) is 66.2 Å². The Labute approximate surface area is 218 Å². The maximum atomic E-state index is 13.8. The lowest BCUT2D eigenvalue weighted by atomic mass is 9.85. The highest BCUT2D eigenvalue weighted by Crippen LogP contribution is 2.49. The summed E-state index contributed by atoms with van der Waals surface area (Å²) in [7, 11) is 1.63. The van der Waals surface area contributed by atoms with Gasteiger partial charge >= 0.3 is 0 Å². The Morgan fingerprint density at radius 1 is 1.03 bits per heavy atom. The van der Waals surface area contributed by atoms with Crippen LogP contribution in [-0.4, -0.2) is 79.6 Å². The standard InChI is InChI=1S/C29H36N4O4/c1-37-18-8-15-30-26(34)20-32-21-33(23-11-6-3-7-12-23)29(28(32)36)13-16-31(17-14-29)27(35)25-19-24(25)22-9-4-2-5-10-22/h2-7,9-12,24-25H,8,13-21H2,1H3,(H,30,34). The highest BCUT2D eigenvalue weighted by atomic mass is 16.5. The largest absolute Gasteiger partial charge is 0.385 e. The molecular weight excluding hydrogens is 468 g/mol. The second kappa shape index (κ2) is 10.9. The van der Waals surface area contributed by atoms with Crippen LogP contribution in [0.4, 0.5) is 5.69 Å². The number of anilines is 1. The molecule has 0 radical (unpaired) electrons. The molecule has 5 rings (SSSR count). The SMILES string of the molecule is COCCCNC(=O)CN1CN(c2ccccc2)C2(CCN(C(=O)C3CC3c3ccccc3)CC2)C1=O. The fourth-order valence-electron chi connectivity index (χ4n) is 5.86. The molecule has 8 nitrogen and oxygen atoms in total. The van der Waals surface area contributed by atoms with Crippen molar-refractivity contribution in [1.29, 1.82) is 0 Å². The second-order valence-electron chi connectivity index (χ2n) is 10.3. The summed E-state index contributed by atoms with van der Waals surface area (Å²) in [4.78, 5) is 45.4. The number of hydrogen-bond donors (Lipinski definition) is 1. The summed E-state index contributed by atoms with van der Waals surface area (Å²) in [6.45, 7) is 2.58. The molecule has 1 aliphatic carbocycles. The van der Waals surface area contributed by atoms with Crippen LogP contribution in [0.1, 0.15) is 37.2 Å².